The van der Waals surface area contributed by atoms with Gasteiger partial charge in [0.2, 0.25) is 5.91 Å². The molecule has 30 heavy (non-hydrogen) atoms. The van der Waals surface area contributed by atoms with E-state index in [4.69, 9.17) is 10.5 Å². The van der Waals surface area contributed by atoms with E-state index in [0.717, 1.165) is 20.1 Å². The number of primary amides is 1. The highest BCUT2D eigenvalue weighted by Crippen LogP contribution is 2.21. The minimum atomic E-state index is -0.848. The predicted molar refractivity (Wildman–Crippen MR) is 123 cm³/mol. The van der Waals surface area contributed by atoms with Gasteiger partial charge >= 0.3 is 0 Å². The van der Waals surface area contributed by atoms with E-state index >= 15 is 0 Å². The van der Waals surface area contributed by atoms with Gasteiger partial charge in [-0.2, -0.15) is 0 Å². The van der Waals surface area contributed by atoms with Gasteiger partial charge < -0.3 is 15.8 Å². The number of ether oxygens (including phenoxy) is 1. The lowest BCUT2D eigenvalue weighted by molar-refractivity contribution is -0.119. The molecule has 3 aromatic carbocycles. The van der Waals surface area contributed by atoms with E-state index in [1.54, 1.807) is 12.1 Å². The highest BCUT2D eigenvalue weighted by molar-refractivity contribution is 9.11. The Hall–Kier alpha value is -2.64. The second-order valence-electron chi connectivity index (χ2n) is 6.71. The molecule has 0 bridgehead atoms. The van der Waals surface area contributed by atoms with Gasteiger partial charge in [-0.3, -0.25) is 9.59 Å². The number of carbonyl (C=O) groups excluding carboxylic acids is 2. The molecular formula is C23H20Br2N2O3. The first-order valence-corrected chi connectivity index (χ1v) is 10.8. The van der Waals surface area contributed by atoms with Crippen LogP contribution < -0.4 is 15.8 Å². The van der Waals surface area contributed by atoms with Crippen molar-refractivity contribution >= 4 is 43.7 Å². The van der Waals surface area contributed by atoms with E-state index in [-0.39, 0.29) is 12.3 Å². The summed E-state index contributed by atoms with van der Waals surface area (Å²) < 4.78 is 7.34. The largest absolute Gasteiger partial charge is 0.489 e. The van der Waals surface area contributed by atoms with Crippen LogP contribution in [-0.2, 0) is 17.8 Å². The van der Waals surface area contributed by atoms with Crippen molar-refractivity contribution in [3.8, 4) is 5.75 Å². The minimum Gasteiger partial charge on any atom is -0.489 e. The summed E-state index contributed by atoms with van der Waals surface area (Å²) in [7, 11) is 0. The first-order valence-electron chi connectivity index (χ1n) is 9.22. The van der Waals surface area contributed by atoms with E-state index in [1.807, 2.05) is 60.7 Å². The molecule has 7 heteroatoms. The van der Waals surface area contributed by atoms with Gasteiger partial charge in [0, 0.05) is 20.9 Å². The van der Waals surface area contributed by atoms with Crippen LogP contribution in [0, 0.1) is 0 Å². The van der Waals surface area contributed by atoms with E-state index in [0.29, 0.717) is 17.9 Å². The van der Waals surface area contributed by atoms with Crippen LogP contribution in [0.4, 0.5) is 0 Å². The number of rotatable bonds is 8. The van der Waals surface area contributed by atoms with Crippen LogP contribution >= 0.6 is 31.9 Å². The molecule has 3 rings (SSSR count). The van der Waals surface area contributed by atoms with Gasteiger partial charge in [-0.15, -0.1) is 0 Å². The third-order valence-electron chi connectivity index (χ3n) is 4.36. The molecule has 0 heterocycles. The van der Waals surface area contributed by atoms with Crippen molar-refractivity contribution in [3.63, 3.8) is 0 Å². The summed E-state index contributed by atoms with van der Waals surface area (Å²) in [6.45, 7) is 0.442. The van der Waals surface area contributed by atoms with Crippen LogP contribution in [0.1, 0.15) is 21.5 Å². The van der Waals surface area contributed by atoms with Crippen LogP contribution in [0.3, 0.4) is 0 Å². The molecule has 0 unspecified atom stereocenters. The predicted octanol–water partition coefficient (Wildman–Crippen LogP) is 4.62. The quantitative estimate of drug-likeness (QED) is 0.445. The second kappa shape index (κ2) is 10.4. The highest BCUT2D eigenvalue weighted by Gasteiger charge is 2.20. The summed E-state index contributed by atoms with van der Waals surface area (Å²) in [5.74, 6) is -0.299. The SMILES string of the molecule is NC(=O)[C@H](Cc1cccc(OCc2ccccc2)c1)NC(=O)c1cc(Br)cc(Br)c1. The Morgan fingerprint density at radius 3 is 2.23 bits per heavy atom. The number of carbonyl (C=O) groups is 2. The maximum atomic E-state index is 12.6. The van der Waals surface area contributed by atoms with Crippen LogP contribution in [0.2, 0.25) is 0 Å². The molecule has 5 nitrogen and oxygen atoms in total. The first-order chi connectivity index (χ1) is 14.4. The maximum absolute atomic E-state index is 12.6. The fourth-order valence-corrected chi connectivity index (χ4v) is 4.18. The molecule has 0 saturated heterocycles. The summed E-state index contributed by atoms with van der Waals surface area (Å²) in [6.07, 6.45) is 0.263. The number of hydrogen-bond donors (Lipinski definition) is 2. The zero-order chi connectivity index (χ0) is 21.5. The van der Waals surface area contributed by atoms with Crippen molar-refractivity contribution in [2.45, 2.75) is 19.1 Å². The van der Waals surface area contributed by atoms with Crippen LogP contribution in [-0.4, -0.2) is 17.9 Å². The molecule has 3 N–H and O–H groups in total. The summed E-state index contributed by atoms with van der Waals surface area (Å²) in [5, 5.41) is 2.72. The summed E-state index contributed by atoms with van der Waals surface area (Å²) >= 11 is 6.71. The first kappa shape index (κ1) is 22.1. The Bertz CT molecular complexity index is 1020. The van der Waals surface area contributed by atoms with Crippen molar-refractivity contribution in [2.24, 2.45) is 5.73 Å². The Kier molecular flexibility index (Phi) is 7.65. The van der Waals surface area contributed by atoms with Crippen molar-refractivity contribution in [1.29, 1.82) is 0 Å². The topological polar surface area (TPSA) is 81.4 Å². The number of nitrogens with two attached hydrogens (primary N) is 1. The number of nitrogens with one attached hydrogen (secondary N) is 1. The Labute approximate surface area is 191 Å². The van der Waals surface area contributed by atoms with Crippen LogP contribution in [0.5, 0.6) is 5.75 Å². The van der Waals surface area contributed by atoms with E-state index in [2.05, 4.69) is 37.2 Å². The molecule has 0 spiro atoms. The monoisotopic (exact) mass is 530 g/mol. The van der Waals surface area contributed by atoms with Gasteiger partial charge in [0.05, 0.1) is 0 Å². The van der Waals surface area contributed by atoms with E-state index in [9.17, 15) is 9.59 Å². The average Bonchev–Trinajstić information content (AvgIpc) is 2.72. The molecule has 2 amide bonds. The molecule has 0 saturated carbocycles. The minimum absolute atomic E-state index is 0.263. The van der Waals surface area contributed by atoms with E-state index < -0.39 is 11.9 Å². The lowest BCUT2D eigenvalue weighted by Crippen LogP contribution is -2.45. The molecule has 154 valence electrons. The number of amides is 2. The Balaban J connectivity index is 1.67. The summed E-state index contributed by atoms with van der Waals surface area (Å²) in [4.78, 5) is 24.6. The van der Waals surface area contributed by atoms with Gasteiger partial charge in [0.1, 0.15) is 18.4 Å². The maximum Gasteiger partial charge on any atom is 0.252 e. The lowest BCUT2D eigenvalue weighted by atomic mass is 10.0. The standard InChI is InChI=1S/C23H20Br2N2O3/c24-18-11-17(12-19(25)13-18)23(29)27-21(22(26)28)10-16-7-4-8-20(9-16)30-14-15-5-2-1-3-6-15/h1-9,11-13,21H,10,14H2,(H2,26,28)(H,27,29)/t21-/m0/s1. The summed E-state index contributed by atoms with van der Waals surface area (Å²) in [5.41, 5.74) is 7.85. The van der Waals surface area contributed by atoms with Crippen molar-refractivity contribution in [1.82, 2.24) is 5.32 Å². The zero-order valence-electron chi connectivity index (χ0n) is 16.0. The molecule has 0 aliphatic heterocycles. The molecule has 0 fully saturated rings. The van der Waals surface area contributed by atoms with Gasteiger partial charge in [-0.1, -0.05) is 74.3 Å². The molecule has 0 aliphatic carbocycles. The average molecular weight is 532 g/mol. The third kappa shape index (κ3) is 6.43. The zero-order valence-corrected chi connectivity index (χ0v) is 19.1. The van der Waals surface area contributed by atoms with Crippen LogP contribution in [0.25, 0.3) is 0 Å². The Morgan fingerprint density at radius 2 is 1.57 bits per heavy atom. The third-order valence-corrected chi connectivity index (χ3v) is 5.28. The normalized spacial score (nSPS) is 11.5. The highest BCUT2D eigenvalue weighted by atomic mass is 79.9. The Morgan fingerprint density at radius 1 is 0.900 bits per heavy atom. The van der Waals surface area contributed by atoms with Crippen molar-refractivity contribution in [3.05, 3.63) is 98.4 Å². The lowest BCUT2D eigenvalue weighted by Gasteiger charge is -2.16. The van der Waals surface area contributed by atoms with Crippen molar-refractivity contribution < 1.29 is 14.3 Å². The summed E-state index contributed by atoms with van der Waals surface area (Å²) in [6, 6.07) is 21.6. The van der Waals surface area contributed by atoms with Crippen molar-refractivity contribution in [2.75, 3.05) is 0 Å². The molecule has 0 aliphatic rings. The molecular weight excluding hydrogens is 512 g/mol. The van der Waals surface area contributed by atoms with E-state index in [1.165, 1.54) is 0 Å². The van der Waals surface area contributed by atoms with Gasteiger partial charge in [0.15, 0.2) is 0 Å². The second-order valence-corrected chi connectivity index (χ2v) is 8.54. The smallest absolute Gasteiger partial charge is 0.252 e. The number of halogens is 2. The molecule has 0 aromatic heterocycles. The number of benzene rings is 3. The molecule has 3 aromatic rings. The fourth-order valence-electron chi connectivity index (χ4n) is 2.89. The van der Waals surface area contributed by atoms with Gasteiger partial charge in [-0.25, -0.2) is 0 Å². The fraction of sp³-hybridized carbons (Fsp3) is 0.130. The van der Waals surface area contributed by atoms with Crippen LogP contribution in [0.15, 0.2) is 81.7 Å². The number of hydrogen-bond acceptors (Lipinski definition) is 3. The van der Waals surface area contributed by atoms with Gasteiger partial charge in [-0.05, 0) is 41.5 Å². The van der Waals surface area contributed by atoms with Gasteiger partial charge in [0.25, 0.3) is 5.91 Å². The molecule has 0 radical (unpaired) electrons. The molecule has 1 atom stereocenters.